The number of hydrogen-bond donors (Lipinski definition) is 1. The van der Waals surface area contributed by atoms with Crippen molar-refractivity contribution in [3.8, 4) is 0 Å². The van der Waals surface area contributed by atoms with Gasteiger partial charge in [-0.15, -0.1) is 0 Å². The highest BCUT2D eigenvalue weighted by atomic mass is 32.2. The Labute approximate surface area is 170 Å². The van der Waals surface area contributed by atoms with E-state index in [1.54, 1.807) is 6.07 Å². The molecule has 1 unspecified atom stereocenters. The highest BCUT2D eigenvalue weighted by Gasteiger charge is 2.23. The Morgan fingerprint density at radius 2 is 2.04 bits per heavy atom. The number of sulfonamides is 1. The molecule has 2 rings (SSSR count). The number of amides is 1. The summed E-state index contributed by atoms with van der Waals surface area (Å²) < 4.78 is 25.7. The first-order chi connectivity index (χ1) is 13.2. The summed E-state index contributed by atoms with van der Waals surface area (Å²) in [4.78, 5) is 14.9. The maximum Gasteiger partial charge on any atom is 0.240 e. The van der Waals surface area contributed by atoms with Crippen LogP contribution in [0.1, 0.15) is 50.2 Å². The fraction of sp³-hybridized carbons (Fsp3) is 0.667. The molecular weight excluding hydrogens is 374 g/mol. The second-order valence-electron chi connectivity index (χ2n) is 7.79. The predicted octanol–water partition coefficient (Wildman–Crippen LogP) is 2.84. The van der Waals surface area contributed by atoms with Gasteiger partial charge in [-0.1, -0.05) is 25.5 Å². The van der Waals surface area contributed by atoms with Crippen molar-refractivity contribution < 1.29 is 13.2 Å². The third kappa shape index (κ3) is 6.21. The summed E-state index contributed by atoms with van der Waals surface area (Å²) >= 11 is 0. The van der Waals surface area contributed by atoms with Crippen LogP contribution in [0.5, 0.6) is 0 Å². The van der Waals surface area contributed by atoms with Crippen LogP contribution in [0.3, 0.4) is 0 Å². The number of likely N-dealkylation sites (tertiary alicyclic amines) is 1. The zero-order chi connectivity index (χ0) is 20.7. The number of carbonyl (C=O) groups excluding carboxylic acids is 1. The van der Waals surface area contributed by atoms with E-state index in [1.165, 1.54) is 30.0 Å². The van der Waals surface area contributed by atoms with Gasteiger partial charge in [-0.05, 0) is 63.3 Å². The number of hydrogen-bond acceptors (Lipinski definition) is 4. The van der Waals surface area contributed by atoms with E-state index in [2.05, 4.69) is 17.1 Å². The summed E-state index contributed by atoms with van der Waals surface area (Å²) in [5, 5.41) is 2.89. The monoisotopic (exact) mass is 409 g/mol. The minimum atomic E-state index is -3.55. The number of rotatable bonds is 9. The van der Waals surface area contributed by atoms with Crippen molar-refractivity contribution in [3.05, 3.63) is 29.3 Å². The van der Waals surface area contributed by atoms with Gasteiger partial charge >= 0.3 is 0 Å². The minimum absolute atomic E-state index is 0.190. The van der Waals surface area contributed by atoms with Crippen LogP contribution in [0.25, 0.3) is 0 Å². The molecule has 1 atom stereocenters. The normalized spacial score (nSPS) is 18.1. The van der Waals surface area contributed by atoms with Gasteiger partial charge < -0.3 is 10.2 Å². The molecule has 1 fully saturated rings. The third-order valence-corrected chi connectivity index (χ3v) is 6.82. The Hall–Kier alpha value is -1.60. The van der Waals surface area contributed by atoms with Gasteiger partial charge in [0.15, 0.2) is 0 Å². The minimum Gasteiger partial charge on any atom is -0.354 e. The van der Waals surface area contributed by atoms with Gasteiger partial charge in [0.05, 0.1) is 11.9 Å². The zero-order valence-electron chi connectivity index (χ0n) is 17.7. The van der Waals surface area contributed by atoms with Gasteiger partial charge in [0.25, 0.3) is 0 Å². The molecule has 1 saturated heterocycles. The smallest absolute Gasteiger partial charge is 0.240 e. The molecule has 1 N–H and O–H groups in total. The van der Waals surface area contributed by atoms with Crippen molar-refractivity contribution in [2.45, 2.75) is 58.9 Å². The van der Waals surface area contributed by atoms with Crippen LogP contribution in [0.2, 0.25) is 0 Å². The highest BCUT2D eigenvalue weighted by Crippen LogP contribution is 2.24. The van der Waals surface area contributed by atoms with Crippen LogP contribution < -0.4 is 9.62 Å². The van der Waals surface area contributed by atoms with Crippen molar-refractivity contribution in [2.24, 2.45) is 0 Å². The maximum absolute atomic E-state index is 12.4. The predicted molar refractivity (Wildman–Crippen MR) is 115 cm³/mol. The van der Waals surface area contributed by atoms with Gasteiger partial charge in [0.1, 0.15) is 6.54 Å². The van der Waals surface area contributed by atoms with Crippen LogP contribution in [-0.2, 0) is 14.8 Å². The van der Waals surface area contributed by atoms with Crippen LogP contribution in [0.4, 0.5) is 5.69 Å². The summed E-state index contributed by atoms with van der Waals surface area (Å²) in [6, 6.07) is 6.16. The molecule has 0 aliphatic carbocycles. The molecule has 7 heteroatoms. The van der Waals surface area contributed by atoms with E-state index in [0.29, 0.717) is 18.3 Å². The average molecular weight is 410 g/mol. The fourth-order valence-electron chi connectivity index (χ4n) is 3.90. The van der Waals surface area contributed by atoms with E-state index < -0.39 is 10.0 Å². The second-order valence-corrected chi connectivity index (χ2v) is 9.69. The number of piperidine rings is 1. The molecule has 1 amide bonds. The Bertz CT molecular complexity index is 764. The largest absolute Gasteiger partial charge is 0.354 e. The van der Waals surface area contributed by atoms with E-state index in [1.807, 2.05) is 26.0 Å². The lowest BCUT2D eigenvalue weighted by atomic mass is 10.00. The highest BCUT2D eigenvalue weighted by molar-refractivity contribution is 7.92. The van der Waals surface area contributed by atoms with Crippen molar-refractivity contribution in [1.29, 1.82) is 0 Å². The zero-order valence-corrected chi connectivity index (χ0v) is 18.5. The fourth-order valence-corrected chi connectivity index (χ4v) is 4.81. The van der Waals surface area contributed by atoms with Crippen molar-refractivity contribution in [2.75, 3.05) is 36.7 Å². The Balaban J connectivity index is 1.89. The quantitative estimate of drug-likeness (QED) is 0.637. The number of carbonyl (C=O) groups is 1. The molecule has 1 aliphatic rings. The van der Waals surface area contributed by atoms with E-state index in [-0.39, 0.29) is 12.5 Å². The average Bonchev–Trinajstić information content (AvgIpc) is 2.65. The molecule has 0 aromatic heterocycles. The van der Waals surface area contributed by atoms with Crippen LogP contribution in [-0.4, -0.2) is 57.7 Å². The van der Waals surface area contributed by atoms with Crippen molar-refractivity contribution >= 4 is 21.6 Å². The number of nitrogens with one attached hydrogen (secondary N) is 1. The lowest BCUT2D eigenvalue weighted by molar-refractivity contribution is -0.119. The third-order valence-electron chi connectivity index (χ3n) is 5.70. The molecule has 1 heterocycles. The first-order valence-electron chi connectivity index (χ1n) is 10.3. The van der Waals surface area contributed by atoms with Crippen LogP contribution in [0.15, 0.2) is 18.2 Å². The van der Waals surface area contributed by atoms with Crippen molar-refractivity contribution in [1.82, 2.24) is 10.2 Å². The molecule has 158 valence electrons. The van der Waals surface area contributed by atoms with Gasteiger partial charge in [0.2, 0.25) is 15.9 Å². The summed E-state index contributed by atoms with van der Waals surface area (Å²) in [5.41, 5.74) is 2.44. The molecule has 0 radical (unpaired) electrons. The number of nitrogens with zero attached hydrogens (tertiary/aromatic N) is 2. The molecule has 0 bridgehead atoms. The van der Waals surface area contributed by atoms with E-state index in [9.17, 15) is 13.2 Å². The van der Waals surface area contributed by atoms with Gasteiger partial charge in [-0.25, -0.2) is 8.42 Å². The van der Waals surface area contributed by atoms with E-state index in [0.717, 1.165) is 36.9 Å². The maximum atomic E-state index is 12.4. The van der Waals surface area contributed by atoms with Crippen molar-refractivity contribution in [3.63, 3.8) is 0 Å². The first kappa shape index (κ1) is 22.7. The van der Waals surface area contributed by atoms with E-state index in [4.69, 9.17) is 0 Å². The molecule has 0 saturated carbocycles. The van der Waals surface area contributed by atoms with Gasteiger partial charge in [0, 0.05) is 19.1 Å². The molecular formula is C21H35N3O3S. The summed E-state index contributed by atoms with van der Waals surface area (Å²) in [6.45, 7) is 8.54. The van der Waals surface area contributed by atoms with Crippen LogP contribution >= 0.6 is 0 Å². The molecule has 0 spiro atoms. The number of anilines is 1. The molecule has 1 aliphatic heterocycles. The Kier molecular flexibility index (Phi) is 8.31. The summed E-state index contributed by atoms with van der Waals surface area (Å²) in [7, 11) is -3.55. The molecule has 1 aromatic carbocycles. The molecule has 28 heavy (non-hydrogen) atoms. The standard InChI is InChI=1S/C21H35N3O3S/c1-5-19-11-6-7-14-23(19)15-9-13-22-21(25)16-24(28(4,26)27)20-12-8-10-17(2)18(20)3/h8,10,12,19H,5-7,9,11,13-16H2,1-4H3,(H,22,25). The molecule has 1 aromatic rings. The summed E-state index contributed by atoms with van der Waals surface area (Å²) in [6.07, 6.45) is 7.02. The lowest BCUT2D eigenvalue weighted by Gasteiger charge is -2.35. The molecule has 6 nitrogen and oxygen atoms in total. The van der Waals surface area contributed by atoms with Gasteiger partial charge in [-0.2, -0.15) is 0 Å². The van der Waals surface area contributed by atoms with E-state index >= 15 is 0 Å². The van der Waals surface area contributed by atoms with Gasteiger partial charge in [-0.3, -0.25) is 9.10 Å². The summed E-state index contributed by atoms with van der Waals surface area (Å²) in [5.74, 6) is -0.267. The SMILES string of the molecule is CCC1CCCCN1CCCNC(=O)CN(c1cccc(C)c1C)S(C)(=O)=O. The van der Waals surface area contributed by atoms with Crippen LogP contribution in [0, 0.1) is 13.8 Å². The Morgan fingerprint density at radius 1 is 1.29 bits per heavy atom. The number of aryl methyl sites for hydroxylation is 1. The number of benzene rings is 1. The Morgan fingerprint density at radius 3 is 2.71 bits per heavy atom. The first-order valence-corrected chi connectivity index (χ1v) is 12.1. The topological polar surface area (TPSA) is 69.7 Å². The second kappa shape index (κ2) is 10.3. The lowest BCUT2D eigenvalue weighted by Crippen LogP contribution is -2.43.